The number of benzene rings is 2. The molecule has 0 spiro atoms. The highest BCUT2D eigenvalue weighted by molar-refractivity contribution is 5.89. The Hall–Kier alpha value is -4.97. The number of carbonyl (C=O) groups is 4. The first-order valence-corrected chi connectivity index (χ1v) is 18.3. The zero-order chi connectivity index (χ0) is 38.9. The predicted molar refractivity (Wildman–Crippen MR) is 204 cm³/mol. The van der Waals surface area contributed by atoms with Crippen molar-refractivity contribution in [2.24, 2.45) is 10.8 Å². The highest BCUT2D eigenvalue weighted by atomic mass is 16.4. The second-order valence-electron chi connectivity index (χ2n) is 16.2. The van der Waals surface area contributed by atoms with Gasteiger partial charge in [0.2, 0.25) is 11.8 Å². The standard InChI is InChI=1S/C41H56N6O6/c1-27-15-14-20-30(42-27)26-46-21-22-47(39(46)53)35(41(5,6)7)37(50)43-31(23-28-16-10-8-11-17-28)25-33(48)32(24-29-18-12-9-13-19-29)44-36(49)34(40(2,3)4)45-38(51)52/h8-20,31-35,45,48H,21-26H2,1-7H3,(H,43,50)(H,44,49)(H,51,52)/t31-,32-,33-,34+,35+/m0/s1. The number of urea groups is 1. The summed E-state index contributed by atoms with van der Waals surface area (Å²) in [4.78, 5) is 61.4. The first-order chi connectivity index (χ1) is 24.9. The molecule has 0 saturated carbocycles. The number of aryl methyl sites for hydroxylation is 1. The fraction of sp³-hybridized carbons (Fsp3) is 0.488. The summed E-state index contributed by atoms with van der Waals surface area (Å²) < 4.78 is 0. The van der Waals surface area contributed by atoms with Crippen LogP contribution in [0.4, 0.5) is 9.59 Å². The Kier molecular flexibility index (Phi) is 13.6. The van der Waals surface area contributed by atoms with Gasteiger partial charge in [0.15, 0.2) is 0 Å². The molecule has 286 valence electrons. The molecule has 0 bridgehead atoms. The Labute approximate surface area is 313 Å². The van der Waals surface area contributed by atoms with Gasteiger partial charge in [0.05, 0.1) is 24.4 Å². The summed E-state index contributed by atoms with van der Waals surface area (Å²) >= 11 is 0. The normalized spacial score (nSPS) is 16.3. The molecule has 5 atom stereocenters. The van der Waals surface area contributed by atoms with Gasteiger partial charge < -0.3 is 36.0 Å². The maximum atomic E-state index is 14.4. The number of pyridine rings is 1. The number of nitrogens with zero attached hydrogens (tertiary/aromatic N) is 3. The zero-order valence-electron chi connectivity index (χ0n) is 32.0. The van der Waals surface area contributed by atoms with Crippen molar-refractivity contribution in [3.8, 4) is 0 Å². The SMILES string of the molecule is Cc1cccc(CN2CCN([C@H](C(=O)N[C@@H](Cc3ccccc3)C[C@H](O)[C@H](Cc3ccccc3)NC(=O)[C@@H](NC(=O)O)C(C)(C)C)C(C)(C)C)C2=O)n1. The fourth-order valence-corrected chi connectivity index (χ4v) is 6.92. The molecule has 2 heterocycles. The van der Waals surface area contributed by atoms with E-state index in [1.165, 1.54) is 0 Å². The summed E-state index contributed by atoms with van der Waals surface area (Å²) in [5.74, 6) is -0.897. The van der Waals surface area contributed by atoms with Gasteiger partial charge in [-0.1, -0.05) is 108 Å². The Morgan fingerprint density at radius 2 is 1.38 bits per heavy atom. The predicted octanol–water partition coefficient (Wildman–Crippen LogP) is 4.93. The summed E-state index contributed by atoms with van der Waals surface area (Å²) in [6.07, 6.45) is -1.75. The van der Waals surface area contributed by atoms with Crippen molar-refractivity contribution in [2.45, 2.75) is 105 Å². The minimum Gasteiger partial charge on any atom is -0.465 e. The molecule has 1 saturated heterocycles. The summed E-state index contributed by atoms with van der Waals surface area (Å²) in [7, 11) is 0. The highest BCUT2D eigenvalue weighted by Gasteiger charge is 2.44. The van der Waals surface area contributed by atoms with Crippen molar-refractivity contribution in [2.75, 3.05) is 13.1 Å². The van der Waals surface area contributed by atoms with Gasteiger partial charge >= 0.3 is 12.1 Å². The lowest BCUT2D eigenvalue weighted by Gasteiger charge is -2.38. The molecular formula is C41H56N6O6. The van der Waals surface area contributed by atoms with Crippen LogP contribution in [0, 0.1) is 17.8 Å². The van der Waals surface area contributed by atoms with E-state index in [1.54, 1.807) is 30.6 Å². The van der Waals surface area contributed by atoms with Gasteiger partial charge in [0, 0.05) is 24.8 Å². The van der Waals surface area contributed by atoms with Crippen LogP contribution in [0.2, 0.25) is 0 Å². The van der Waals surface area contributed by atoms with Crippen LogP contribution < -0.4 is 16.0 Å². The molecule has 0 aliphatic carbocycles. The molecule has 53 heavy (non-hydrogen) atoms. The van der Waals surface area contributed by atoms with E-state index in [-0.39, 0.29) is 24.8 Å². The Morgan fingerprint density at radius 1 is 0.774 bits per heavy atom. The van der Waals surface area contributed by atoms with Crippen LogP contribution in [0.15, 0.2) is 78.9 Å². The topological polar surface area (TPSA) is 164 Å². The van der Waals surface area contributed by atoms with E-state index in [1.807, 2.05) is 107 Å². The summed E-state index contributed by atoms with van der Waals surface area (Å²) in [6.45, 7) is 14.1. The molecule has 3 aromatic rings. The number of rotatable bonds is 15. The molecule has 0 unspecified atom stereocenters. The number of aliphatic hydroxyl groups excluding tert-OH is 1. The molecule has 12 heteroatoms. The molecule has 1 aromatic heterocycles. The minimum absolute atomic E-state index is 0.0704. The van der Waals surface area contributed by atoms with Crippen LogP contribution in [0.1, 0.15) is 70.5 Å². The third kappa shape index (κ3) is 11.8. The van der Waals surface area contributed by atoms with Crippen molar-refractivity contribution < 1.29 is 29.4 Å². The monoisotopic (exact) mass is 728 g/mol. The molecule has 1 aliphatic rings. The number of carboxylic acid groups (broad SMARTS) is 1. The van der Waals surface area contributed by atoms with E-state index < -0.39 is 53.1 Å². The lowest BCUT2D eigenvalue weighted by Crippen LogP contribution is -2.59. The average Bonchev–Trinajstić information content (AvgIpc) is 3.41. The van der Waals surface area contributed by atoms with Crippen LogP contribution in [0.25, 0.3) is 0 Å². The number of amides is 5. The average molecular weight is 729 g/mol. The van der Waals surface area contributed by atoms with E-state index in [0.29, 0.717) is 26.1 Å². The molecule has 2 aromatic carbocycles. The second-order valence-corrected chi connectivity index (χ2v) is 16.2. The molecule has 12 nitrogen and oxygen atoms in total. The van der Waals surface area contributed by atoms with Crippen molar-refractivity contribution in [1.82, 2.24) is 30.7 Å². The Balaban J connectivity index is 1.59. The number of nitrogens with one attached hydrogen (secondary N) is 3. The summed E-state index contributed by atoms with van der Waals surface area (Å²) in [6, 6.07) is 21.2. The molecule has 1 fully saturated rings. The molecule has 1 aliphatic heterocycles. The van der Waals surface area contributed by atoms with E-state index in [4.69, 9.17) is 0 Å². The smallest absolute Gasteiger partial charge is 0.405 e. The van der Waals surface area contributed by atoms with Crippen molar-refractivity contribution in [3.63, 3.8) is 0 Å². The maximum absolute atomic E-state index is 14.4. The lowest BCUT2D eigenvalue weighted by atomic mass is 9.84. The first-order valence-electron chi connectivity index (χ1n) is 18.3. The van der Waals surface area contributed by atoms with Gasteiger partial charge in [0.1, 0.15) is 12.1 Å². The highest BCUT2D eigenvalue weighted by Crippen LogP contribution is 2.29. The van der Waals surface area contributed by atoms with E-state index >= 15 is 0 Å². The van der Waals surface area contributed by atoms with Gasteiger partial charge in [-0.15, -0.1) is 0 Å². The largest absolute Gasteiger partial charge is 0.465 e. The second kappa shape index (κ2) is 17.7. The van der Waals surface area contributed by atoms with Crippen molar-refractivity contribution >= 4 is 23.9 Å². The van der Waals surface area contributed by atoms with E-state index in [0.717, 1.165) is 22.5 Å². The molecule has 4 rings (SSSR count). The van der Waals surface area contributed by atoms with Crippen molar-refractivity contribution in [3.05, 3.63) is 101 Å². The van der Waals surface area contributed by atoms with E-state index in [9.17, 15) is 29.4 Å². The third-order valence-electron chi connectivity index (χ3n) is 9.49. The number of aromatic nitrogens is 1. The van der Waals surface area contributed by atoms with Gasteiger partial charge in [-0.25, -0.2) is 9.59 Å². The quantitative estimate of drug-likeness (QED) is 0.148. The van der Waals surface area contributed by atoms with Crippen LogP contribution in [-0.2, 0) is 29.0 Å². The van der Waals surface area contributed by atoms with Crippen LogP contribution in [0.5, 0.6) is 0 Å². The lowest BCUT2D eigenvalue weighted by molar-refractivity contribution is -0.130. The fourth-order valence-electron chi connectivity index (χ4n) is 6.92. The minimum atomic E-state index is -1.33. The van der Waals surface area contributed by atoms with Crippen molar-refractivity contribution in [1.29, 1.82) is 0 Å². The first kappa shape index (κ1) is 40.8. The van der Waals surface area contributed by atoms with E-state index in [2.05, 4.69) is 20.9 Å². The van der Waals surface area contributed by atoms with Gasteiger partial charge in [-0.2, -0.15) is 0 Å². The van der Waals surface area contributed by atoms with Gasteiger partial charge in [-0.3, -0.25) is 14.6 Å². The molecule has 5 N–H and O–H groups in total. The summed E-state index contributed by atoms with van der Waals surface area (Å²) in [5, 5.41) is 29.9. The van der Waals surface area contributed by atoms with Crippen LogP contribution in [-0.4, -0.2) is 92.3 Å². The number of hydrogen-bond donors (Lipinski definition) is 5. The number of carbonyl (C=O) groups excluding carboxylic acids is 3. The van der Waals surface area contributed by atoms with Gasteiger partial charge in [0.25, 0.3) is 0 Å². The molecule has 5 amide bonds. The summed E-state index contributed by atoms with van der Waals surface area (Å²) in [5.41, 5.74) is 2.06. The molecule has 0 radical (unpaired) electrons. The zero-order valence-corrected chi connectivity index (χ0v) is 32.0. The Morgan fingerprint density at radius 3 is 1.92 bits per heavy atom. The third-order valence-corrected chi connectivity index (χ3v) is 9.49. The Bertz CT molecular complexity index is 1690. The molecular weight excluding hydrogens is 672 g/mol. The van der Waals surface area contributed by atoms with Crippen LogP contribution in [0.3, 0.4) is 0 Å². The van der Waals surface area contributed by atoms with Crippen LogP contribution >= 0.6 is 0 Å². The number of aliphatic hydroxyl groups is 1. The van der Waals surface area contributed by atoms with Gasteiger partial charge in [-0.05, 0) is 60.3 Å². The number of hydrogen-bond acceptors (Lipinski definition) is 6. The maximum Gasteiger partial charge on any atom is 0.405 e.